The van der Waals surface area contributed by atoms with Crippen LogP contribution in [0.4, 0.5) is 9.93 Å². The zero-order valence-corrected chi connectivity index (χ0v) is 38.7. The van der Waals surface area contributed by atoms with E-state index in [1.165, 1.54) is 32.2 Å². The molecule has 0 unspecified atom stereocenters. The minimum atomic E-state index is -4.49. The van der Waals surface area contributed by atoms with Gasteiger partial charge in [-0.15, -0.1) is 22.0 Å². The lowest BCUT2D eigenvalue weighted by Gasteiger charge is -2.39. The number of fused-ring (bicyclic) bond motifs is 1. The molecule has 332 valence electrons. The van der Waals surface area contributed by atoms with Crippen molar-refractivity contribution in [1.82, 2.24) is 34.4 Å². The summed E-state index contributed by atoms with van der Waals surface area (Å²) >= 11 is 2.72. The highest BCUT2D eigenvalue weighted by Crippen LogP contribution is 2.46. The summed E-state index contributed by atoms with van der Waals surface area (Å²) in [6, 6.07) is 31.5. The highest BCUT2D eigenvalue weighted by Gasteiger charge is 2.39. The summed E-state index contributed by atoms with van der Waals surface area (Å²) in [7, 11) is 0.284. The molecule has 3 heterocycles. The maximum absolute atomic E-state index is 16.1. The van der Waals surface area contributed by atoms with Gasteiger partial charge in [0.1, 0.15) is 27.7 Å². The number of benzene rings is 5. The van der Waals surface area contributed by atoms with Crippen LogP contribution in [0.5, 0.6) is 17.2 Å². The van der Waals surface area contributed by atoms with Gasteiger partial charge in [-0.3, -0.25) is 0 Å². The average molecular weight is 921 g/mol. The summed E-state index contributed by atoms with van der Waals surface area (Å²) in [4.78, 5) is 21.2. The number of tetrazole rings is 1. The molecule has 0 bridgehead atoms. The monoisotopic (exact) mass is 920 g/mol. The standard InChI is InChI=1S/C46H48N8O7S3/c1-46(2,3)61-45(55)52-27-35(28-52)62-39-23-22-36(37-8-7-9-38-41(37)48-44(47)63-38)40(43-49-51-54(50-43)26-31-14-20-34(60-6)21-15-31)42(39)64(56,57)53(24-29-10-16-32(58-4)17-11-29)25-30-12-18-33(59-5)19-13-30/h7-23,35H,24-28H2,1-6H3,(H2,47,48). The average Bonchev–Trinajstić information content (AvgIpc) is 3.90. The minimum Gasteiger partial charge on any atom is -0.497 e. The van der Waals surface area contributed by atoms with Crippen molar-refractivity contribution in [3.63, 3.8) is 0 Å². The molecule has 1 aliphatic heterocycles. The SMILES string of the molecule is COc1ccc(CN(Cc2ccc(OC)cc2)S(=O)(=O)c2c(SC3CN(C(=O)OC(C)(C)C)C3)ccc(-c3cccc4sc(N)nc34)c2-c2nnn(Cc3ccc(OC)cc3)n2)cc1. The molecule has 18 heteroatoms. The first kappa shape index (κ1) is 44.4. The molecular weight excluding hydrogens is 873 g/mol. The Balaban J connectivity index is 1.31. The fraction of sp³-hybridized carbons (Fsp3) is 0.283. The van der Waals surface area contributed by atoms with Gasteiger partial charge in [-0.05, 0) is 96.8 Å². The largest absolute Gasteiger partial charge is 0.497 e. The van der Waals surface area contributed by atoms with Crippen molar-refractivity contribution in [3.8, 4) is 39.8 Å². The Bertz CT molecular complexity index is 2830. The second-order valence-corrected chi connectivity index (χ2v) is 20.4. The number of carbonyl (C=O) groups is 1. The van der Waals surface area contributed by atoms with Crippen LogP contribution in [0.15, 0.2) is 113 Å². The van der Waals surface area contributed by atoms with E-state index in [1.807, 2.05) is 99.6 Å². The smallest absolute Gasteiger partial charge is 0.410 e. The van der Waals surface area contributed by atoms with Gasteiger partial charge in [0.2, 0.25) is 15.8 Å². The van der Waals surface area contributed by atoms with E-state index in [4.69, 9.17) is 34.8 Å². The Hall–Kier alpha value is -6.21. The van der Waals surface area contributed by atoms with E-state index in [-0.39, 0.29) is 41.2 Å². The summed E-state index contributed by atoms with van der Waals surface area (Å²) in [5.41, 5.74) is 10.0. The molecular formula is C46H48N8O7S3. The zero-order chi connectivity index (χ0) is 45.2. The Morgan fingerprint density at radius 1 is 0.812 bits per heavy atom. The minimum absolute atomic E-state index is 0.00283. The summed E-state index contributed by atoms with van der Waals surface area (Å²) < 4.78 is 56.3. The number of nitrogens with two attached hydrogens (primary N) is 1. The number of carbonyl (C=O) groups excluding carboxylic acids is 1. The van der Waals surface area contributed by atoms with Gasteiger partial charge in [-0.25, -0.2) is 18.2 Å². The van der Waals surface area contributed by atoms with Gasteiger partial charge in [0, 0.05) is 41.9 Å². The third-order valence-electron chi connectivity index (χ3n) is 10.4. The van der Waals surface area contributed by atoms with Crippen LogP contribution >= 0.6 is 23.1 Å². The number of aromatic nitrogens is 5. The summed E-state index contributed by atoms with van der Waals surface area (Å²) in [6.45, 7) is 6.45. The van der Waals surface area contributed by atoms with E-state index in [2.05, 4.69) is 10.3 Å². The molecule has 0 spiro atoms. The number of rotatable bonds is 15. The molecule has 2 aromatic heterocycles. The van der Waals surface area contributed by atoms with Gasteiger partial charge in [-0.2, -0.15) is 9.10 Å². The van der Waals surface area contributed by atoms with Gasteiger partial charge >= 0.3 is 6.09 Å². The number of nitrogens with zero attached hydrogens (tertiary/aromatic N) is 7. The zero-order valence-electron chi connectivity index (χ0n) is 36.2. The van der Waals surface area contributed by atoms with E-state index in [0.717, 1.165) is 21.4 Å². The molecule has 0 radical (unpaired) electrons. The first-order valence-corrected chi connectivity index (χ1v) is 23.5. The van der Waals surface area contributed by atoms with E-state index < -0.39 is 21.7 Å². The number of thiazole rings is 1. The van der Waals surface area contributed by atoms with Crippen LogP contribution < -0.4 is 19.9 Å². The van der Waals surface area contributed by atoms with E-state index in [9.17, 15) is 4.79 Å². The lowest BCUT2D eigenvalue weighted by Crippen LogP contribution is -2.53. The number of likely N-dealkylation sites (tertiary alicyclic amines) is 1. The van der Waals surface area contributed by atoms with E-state index in [0.29, 0.717) is 57.0 Å². The van der Waals surface area contributed by atoms with Crippen LogP contribution in [-0.4, -0.2) is 94.2 Å². The van der Waals surface area contributed by atoms with Crippen molar-refractivity contribution in [3.05, 3.63) is 120 Å². The van der Waals surface area contributed by atoms with Crippen LogP contribution in [-0.2, 0) is 34.4 Å². The van der Waals surface area contributed by atoms with Crippen molar-refractivity contribution in [2.45, 2.75) is 61.0 Å². The first-order chi connectivity index (χ1) is 30.7. The molecule has 8 rings (SSSR count). The molecule has 1 aliphatic rings. The maximum atomic E-state index is 16.1. The molecule has 0 atom stereocenters. The second-order valence-electron chi connectivity index (χ2n) is 16.1. The molecule has 15 nitrogen and oxygen atoms in total. The van der Waals surface area contributed by atoms with E-state index >= 15 is 8.42 Å². The van der Waals surface area contributed by atoms with Gasteiger partial charge in [0.15, 0.2) is 5.13 Å². The number of sulfonamides is 1. The molecule has 1 amide bonds. The molecule has 64 heavy (non-hydrogen) atoms. The van der Waals surface area contributed by atoms with Crippen LogP contribution in [0, 0.1) is 0 Å². The predicted octanol–water partition coefficient (Wildman–Crippen LogP) is 8.38. The number of thioether (sulfide) groups is 1. The van der Waals surface area contributed by atoms with Gasteiger partial charge in [0.25, 0.3) is 0 Å². The molecule has 1 saturated heterocycles. The number of anilines is 1. The molecule has 0 saturated carbocycles. The number of methoxy groups -OCH3 is 3. The topological polar surface area (TPSA) is 177 Å². The van der Waals surface area contributed by atoms with Crippen LogP contribution in [0.25, 0.3) is 32.7 Å². The number of hydrogen-bond donors (Lipinski definition) is 1. The molecule has 0 aliphatic carbocycles. The Kier molecular flexibility index (Phi) is 12.8. The van der Waals surface area contributed by atoms with Crippen LogP contribution in [0.3, 0.4) is 0 Å². The van der Waals surface area contributed by atoms with Crippen LogP contribution in [0.1, 0.15) is 37.5 Å². The predicted molar refractivity (Wildman–Crippen MR) is 248 cm³/mol. The Morgan fingerprint density at radius 2 is 1.39 bits per heavy atom. The van der Waals surface area contributed by atoms with Crippen molar-refractivity contribution in [2.24, 2.45) is 0 Å². The molecule has 5 aromatic carbocycles. The second kappa shape index (κ2) is 18.5. The van der Waals surface area contributed by atoms with Gasteiger partial charge in [0.05, 0.1) is 43.7 Å². The number of hydrogen-bond acceptors (Lipinski definition) is 14. The lowest BCUT2D eigenvalue weighted by molar-refractivity contribution is 0.0143. The van der Waals surface area contributed by atoms with Crippen molar-refractivity contribution >= 4 is 54.6 Å². The molecule has 1 fully saturated rings. The molecule has 7 aromatic rings. The fourth-order valence-electron chi connectivity index (χ4n) is 7.24. The van der Waals surface area contributed by atoms with E-state index in [1.54, 1.807) is 50.5 Å². The number of amides is 1. The molecule has 2 N–H and O–H groups in total. The number of nitrogen functional groups attached to an aromatic ring is 1. The highest BCUT2D eigenvalue weighted by molar-refractivity contribution is 8.00. The van der Waals surface area contributed by atoms with Crippen molar-refractivity contribution in [2.75, 3.05) is 40.2 Å². The summed E-state index contributed by atoms with van der Waals surface area (Å²) in [5, 5.41) is 14.1. The summed E-state index contributed by atoms with van der Waals surface area (Å²) in [6.07, 6.45) is -0.424. The summed E-state index contributed by atoms with van der Waals surface area (Å²) in [5.74, 6) is 2.09. The van der Waals surface area contributed by atoms with Crippen molar-refractivity contribution < 1.29 is 32.2 Å². The normalized spacial score (nSPS) is 13.3. The van der Waals surface area contributed by atoms with Crippen LogP contribution in [0.2, 0.25) is 0 Å². The van der Waals surface area contributed by atoms with Crippen molar-refractivity contribution in [1.29, 1.82) is 0 Å². The van der Waals surface area contributed by atoms with Gasteiger partial charge in [-0.1, -0.05) is 65.9 Å². The third-order valence-corrected chi connectivity index (χ3v) is 14.5. The lowest BCUT2D eigenvalue weighted by atomic mass is 9.98. The third kappa shape index (κ3) is 9.79. The fourth-order valence-corrected chi connectivity index (χ4v) is 11.4. The van der Waals surface area contributed by atoms with Gasteiger partial charge < -0.3 is 29.6 Å². The highest BCUT2D eigenvalue weighted by atomic mass is 32.2. The first-order valence-electron chi connectivity index (χ1n) is 20.4. The maximum Gasteiger partial charge on any atom is 0.410 e. The Morgan fingerprint density at radius 3 is 1.95 bits per heavy atom. The number of ether oxygens (including phenoxy) is 4. The Labute approximate surface area is 380 Å². The number of para-hydroxylation sites is 1. The quantitative estimate of drug-likeness (QED) is 0.104.